The minimum absolute atomic E-state index is 0.0280. The summed E-state index contributed by atoms with van der Waals surface area (Å²) in [6, 6.07) is -15.4. The van der Waals surface area contributed by atoms with Gasteiger partial charge in [-0.3, -0.25) is 62.7 Å². The van der Waals surface area contributed by atoms with Crippen LogP contribution in [0.4, 0.5) is 0 Å². The number of carboxylic acid groups (broad SMARTS) is 1. The number of aliphatic hydroxyl groups excluding tert-OH is 5. The lowest BCUT2D eigenvalue weighted by Gasteiger charge is -2.28. The van der Waals surface area contributed by atoms with E-state index in [1.807, 2.05) is 0 Å². The highest BCUT2D eigenvalue weighted by molar-refractivity contribution is 5.99. The van der Waals surface area contributed by atoms with Crippen LogP contribution in [0.3, 0.4) is 0 Å². The summed E-state index contributed by atoms with van der Waals surface area (Å²) in [5.74, 6) is -12.7. The molecular weight excluding hydrogens is 1180 g/mol. The van der Waals surface area contributed by atoms with Crippen LogP contribution >= 0.6 is 0 Å². The first-order valence-electron chi connectivity index (χ1n) is 30.8. The van der Waals surface area contributed by atoms with Crippen molar-refractivity contribution in [2.24, 2.45) is 44.4 Å². The molecule has 10 amide bonds. The van der Waals surface area contributed by atoms with Gasteiger partial charge in [-0.2, -0.15) is 0 Å². The summed E-state index contributed by atoms with van der Waals surface area (Å²) < 4.78 is 0. The molecule has 0 radical (unpaired) electrons. The standard InChI is InChI=1S/C56H105N17O17/c1-5-6-7-8-9-10-11-12-13-14-15-16-17-24-41(79)65-35(22-19-28-63-55(59)60)47(83)66-36(21-18-27-57)49(85)72-44(33(3)77)53(89)67-37(23-20-29-64-56(61)62)48(84)69-39(30-74)51(87)70-40(31-75)52(88)73-45(34(4)78)54(90)68-38(25-26-42(80)81)50(86)71-43(32(2)76)46(58)82/h32-40,43-45,74-78H,5-31,57H2,1-4H3,(H2,58,82)(H,65,79)(H,66,83)(H,67,89)(H,68,90)(H,69,84)(H,70,87)(H,71,86)(H,72,85)(H,73,88)(H,80,81)(H4,59,60,63)(H4,61,62,64). The van der Waals surface area contributed by atoms with Crippen LogP contribution in [0.25, 0.3) is 0 Å². The molecule has 0 saturated carbocycles. The van der Waals surface area contributed by atoms with Crippen LogP contribution in [0, 0.1) is 0 Å². The molecule has 34 nitrogen and oxygen atoms in total. The van der Waals surface area contributed by atoms with Crippen LogP contribution in [0.1, 0.15) is 169 Å². The van der Waals surface area contributed by atoms with Gasteiger partial charge in [0.05, 0.1) is 31.5 Å². The lowest BCUT2D eigenvalue weighted by molar-refractivity contribution is -0.139. The van der Waals surface area contributed by atoms with E-state index >= 15 is 0 Å². The zero-order valence-electron chi connectivity index (χ0n) is 52.6. The highest BCUT2D eigenvalue weighted by Gasteiger charge is 2.37. The molecule has 12 unspecified atom stereocenters. The number of rotatable bonds is 51. The molecule has 90 heavy (non-hydrogen) atoms. The predicted molar refractivity (Wildman–Crippen MR) is 331 cm³/mol. The normalized spacial score (nSPS) is 15.1. The molecule has 0 aromatic rings. The Balaban J connectivity index is 6.37. The van der Waals surface area contributed by atoms with Crippen molar-refractivity contribution in [2.75, 3.05) is 32.8 Å². The van der Waals surface area contributed by atoms with Crippen LogP contribution in [-0.4, -0.2) is 213 Å². The van der Waals surface area contributed by atoms with Crippen LogP contribution < -0.4 is 82.3 Å². The van der Waals surface area contributed by atoms with Crippen molar-refractivity contribution in [3.63, 3.8) is 0 Å². The zero-order chi connectivity index (χ0) is 68.3. The summed E-state index contributed by atoms with van der Waals surface area (Å²) in [6.07, 6.45) is 8.38. The number of carboxylic acids is 1. The van der Waals surface area contributed by atoms with Gasteiger partial charge in [-0.1, -0.05) is 84.0 Å². The molecule has 516 valence electrons. The van der Waals surface area contributed by atoms with Crippen molar-refractivity contribution >= 4 is 77.0 Å². The fourth-order valence-electron chi connectivity index (χ4n) is 8.97. The first-order chi connectivity index (χ1) is 42.5. The van der Waals surface area contributed by atoms with E-state index in [-0.39, 0.29) is 76.5 Å². The minimum Gasteiger partial charge on any atom is -0.481 e. The number of primary amides is 1. The second-order valence-corrected chi connectivity index (χ2v) is 22.1. The molecule has 0 aromatic carbocycles. The number of hydrogen-bond donors (Lipinski definition) is 21. The van der Waals surface area contributed by atoms with E-state index in [0.717, 1.165) is 46.5 Å². The van der Waals surface area contributed by atoms with Crippen LogP contribution in [-0.2, 0) is 52.7 Å². The van der Waals surface area contributed by atoms with Crippen LogP contribution in [0.15, 0.2) is 9.98 Å². The number of carbonyl (C=O) groups is 11. The number of carbonyl (C=O) groups excluding carboxylic acids is 10. The number of guanidine groups is 2. The van der Waals surface area contributed by atoms with Crippen molar-refractivity contribution in [3.05, 3.63) is 0 Å². The van der Waals surface area contributed by atoms with E-state index in [9.17, 15) is 83.4 Å². The van der Waals surface area contributed by atoms with Gasteiger partial charge in [0.15, 0.2) is 11.9 Å². The number of amides is 10. The second kappa shape index (κ2) is 47.4. The van der Waals surface area contributed by atoms with E-state index < -0.39 is 164 Å². The first-order valence-corrected chi connectivity index (χ1v) is 30.8. The molecule has 0 rings (SSSR count). The van der Waals surface area contributed by atoms with E-state index in [1.165, 1.54) is 51.4 Å². The van der Waals surface area contributed by atoms with E-state index in [4.69, 9.17) is 34.4 Å². The monoisotopic (exact) mass is 1290 g/mol. The fraction of sp³-hybridized carbons (Fsp3) is 0.768. The summed E-state index contributed by atoms with van der Waals surface area (Å²) in [7, 11) is 0. The third kappa shape index (κ3) is 36.2. The third-order valence-electron chi connectivity index (χ3n) is 14.1. The Kier molecular flexibility index (Phi) is 43.5. The Morgan fingerprint density at radius 2 is 0.689 bits per heavy atom. The molecule has 0 aliphatic carbocycles. The predicted octanol–water partition coefficient (Wildman–Crippen LogP) is -5.85. The molecule has 0 aliphatic rings. The first kappa shape index (κ1) is 82.5. The number of nitrogens with one attached hydrogen (secondary N) is 9. The Labute approximate surface area is 525 Å². The van der Waals surface area contributed by atoms with Crippen molar-refractivity contribution in [2.45, 2.75) is 242 Å². The van der Waals surface area contributed by atoms with Gasteiger partial charge in [-0.05, 0) is 78.7 Å². The average Bonchev–Trinajstić information content (AvgIpc) is 1.38. The molecule has 0 aromatic heterocycles. The number of hydrogen-bond acceptors (Lipinski definition) is 19. The maximum atomic E-state index is 14.0. The maximum Gasteiger partial charge on any atom is 0.303 e. The van der Waals surface area contributed by atoms with E-state index in [2.05, 4.69) is 64.8 Å². The summed E-state index contributed by atoms with van der Waals surface area (Å²) in [5.41, 5.74) is 32.9. The number of aliphatic hydroxyl groups is 5. The SMILES string of the molecule is CCCCCCCCCCCCCCCC(=O)NC(CCCN=C(N)N)C(=O)NC(CCCN)C(=O)NC(C(=O)NC(CCCN=C(N)N)C(=O)NC(CO)C(=O)NC(CO)C(=O)NC(C(=O)NC(CCC(=O)O)C(=O)NC(C(N)=O)C(C)O)C(C)O)C(C)O. The van der Waals surface area contributed by atoms with Gasteiger partial charge in [-0.15, -0.1) is 0 Å². The van der Waals surface area contributed by atoms with Gasteiger partial charge in [0.1, 0.15) is 54.4 Å². The molecule has 0 heterocycles. The Morgan fingerprint density at radius 1 is 0.378 bits per heavy atom. The molecule has 12 atom stereocenters. The molecule has 0 aliphatic heterocycles. The fourth-order valence-corrected chi connectivity index (χ4v) is 8.97. The number of nitrogens with zero attached hydrogens (tertiary/aromatic N) is 2. The number of aliphatic imine (C=N–C) groups is 2. The Morgan fingerprint density at radius 3 is 1.04 bits per heavy atom. The highest BCUT2D eigenvalue weighted by Crippen LogP contribution is 2.14. The molecule has 0 fully saturated rings. The largest absolute Gasteiger partial charge is 0.481 e. The Bertz CT molecular complexity index is 2290. The summed E-state index contributed by atoms with van der Waals surface area (Å²) in [4.78, 5) is 154. The van der Waals surface area contributed by atoms with Gasteiger partial charge in [0.25, 0.3) is 0 Å². The van der Waals surface area contributed by atoms with Crippen molar-refractivity contribution in [1.82, 2.24) is 47.9 Å². The van der Waals surface area contributed by atoms with Crippen molar-refractivity contribution in [1.29, 1.82) is 0 Å². The minimum atomic E-state index is -1.99. The van der Waals surface area contributed by atoms with E-state index in [0.29, 0.717) is 6.42 Å². The molecule has 0 bridgehead atoms. The zero-order valence-corrected chi connectivity index (χ0v) is 52.6. The summed E-state index contributed by atoms with van der Waals surface area (Å²) in [5, 5.41) is 81.7. The molecule has 34 heteroatoms. The lowest BCUT2D eigenvalue weighted by atomic mass is 10.0. The average molecular weight is 1290 g/mol. The Hall–Kier alpha value is -7.53. The molecular formula is C56H105N17O17. The lowest BCUT2D eigenvalue weighted by Crippen LogP contribution is -2.63. The highest BCUT2D eigenvalue weighted by atomic mass is 16.4. The quantitative estimate of drug-likeness (QED) is 0.0153. The summed E-state index contributed by atoms with van der Waals surface area (Å²) >= 11 is 0. The van der Waals surface area contributed by atoms with Crippen molar-refractivity contribution in [3.8, 4) is 0 Å². The van der Waals surface area contributed by atoms with Gasteiger partial charge < -0.3 is 113 Å². The van der Waals surface area contributed by atoms with E-state index in [1.54, 1.807) is 0 Å². The molecule has 27 N–H and O–H groups in total. The maximum absolute atomic E-state index is 14.0. The number of unbranched alkanes of at least 4 members (excludes halogenated alkanes) is 12. The molecule has 0 saturated heterocycles. The van der Waals surface area contributed by atoms with Crippen LogP contribution in [0.2, 0.25) is 0 Å². The molecule has 0 spiro atoms. The van der Waals surface area contributed by atoms with Gasteiger partial charge in [-0.25, -0.2) is 0 Å². The number of nitrogens with two attached hydrogens (primary N) is 6. The third-order valence-corrected chi connectivity index (χ3v) is 14.1. The van der Waals surface area contributed by atoms with Gasteiger partial charge in [0, 0.05) is 25.9 Å². The van der Waals surface area contributed by atoms with Gasteiger partial charge in [0.2, 0.25) is 59.1 Å². The number of aliphatic carboxylic acids is 1. The second-order valence-electron chi connectivity index (χ2n) is 22.1. The summed E-state index contributed by atoms with van der Waals surface area (Å²) in [6.45, 7) is 3.16. The van der Waals surface area contributed by atoms with Crippen LogP contribution in [0.5, 0.6) is 0 Å². The topological polar surface area (TPSA) is 598 Å². The van der Waals surface area contributed by atoms with Gasteiger partial charge >= 0.3 is 5.97 Å². The smallest absolute Gasteiger partial charge is 0.303 e. The van der Waals surface area contributed by atoms with Crippen molar-refractivity contribution < 1.29 is 83.4 Å².